The van der Waals surface area contributed by atoms with Gasteiger partial charge in [-0.15, -0.1) is 16.4 Å². The lowest BCUT2D eigenvalue weighted by Gasteiger charge is -2.23. The van der Waals surface area contributed by atoms with Crippen molar-refractivity contribution in [2.45, 2.75) is 13.1 Å². The van der Waals surface area contributed by atoms with E-state index in [0.717, 1.165) is 28.1 Å². The zero-order valence-electron chi connectivity index (χ0n) is 15.7. The maximum atomic E-state index is 13.2. The lowest BCUT2D eigenvalue weighted by Crippen LogP contribution is -2.33. The van der Waals surface area contributed by atoms with Crippen LogP contribution in [0.4, 0.5) is 11.4 Å². The van der Waals surface area contributed by atoms with Crippen molar-refractivity contribution in [2.75, 3.05) is 23.9 Å². The second-order valence-corrected chi connectivity index (χ2v) is 7.32. The molecule has 0 N–H and O–H groups in total. The maximum absolute atomic E-state index is 13.2. The number of thiazole rings is 1. The summed E-state index contributed by atoms with van der Waals surface area (Å²) in [5.41, 5.74) is 6.15. The van der Waals surface area contributed by atoms with Crippen LogP contribution in [0.25, 0.3) is 11.0 Å². The summed E-state index contributed by atoms with van der Waals surface area (Å²) in [4.78, 5) is 21.3. The molecule has 0 spiro atoms. The van der Waals surface area contributed by atoms with E-state index >= 15 is 0 Å². The fraction of sp³-hybridized carbons (Fsp3) is 0.200. The van der Waals surface area contributed by atoms with Crippen LogP contribution in [0.15, 0.2) is 59.4 Å². The number of benzene rings is 2. The number of anilines is 2. The fourth-order valence-electron chi connectivity index (χ4n) is 2.98. The Bertz CT molecular complexity index is 1070. The van der Waals surface area contributed by atoms with E-state index in [1.807, 2.05) is 72.9 Å². The van der Waals surface area contributed by atoms with Gasteiger partial charge in [0, 0.05) is 30.9 Å². The SMILES string of the molecule is CN(C)c1ccc(N(Cc2cscn2)C(=O)Cn2nnc3ccccc32)cc1. The van der Waals surface area contributed by atoms with Gasteiger partial charge in [-0.3, -0.25) is 4.79 Å². The smallest absolute Gasteiger partial charge is 0.249 e. The molecule has 28 heavy (non-hydrogen) atoms. The lowest BCUT2D eigenvalue weighted by atomic mass is 10.2. The van der Waals surface area contributed by atoms with Gasteiger partial charge >= 0.3 is 0 Å². The summed E-state index contributed by atoms with van der Waals surface area (Å²) < 4.78 is 1.64. The average Bonchev–Trinajstić information content (AvgIpc) is 3.36. The van der Waals surface area contributed by atoms with Crippen LogP contribution in [0.3, 0.4) is 0 Å². The summed E-state index contributed by atoms with van der Waals surface area (Å²) in [5.74, 6) is -0.0683. The first-order valence-electron chi connectivity index (χ1n) is 8.85. The van der Waals surface area contributed by atoms with Gasteiger partial charge in [0.1, 0.15) is 12.1 Å². The third-order valence-corrected chi connectivity index (χ3v) is 5.12. The molecule has 1 amide bonds. The number of carbonyl (C=O) groups excluding carboxylic acids is 1. The number of hydrogen-bond donors (Lipinski definition) is 0. The van der Waals surface area contributed by atoms with E-state index in [4.69, 9.17) is 0 Å². The molecule has 142 valence electrons. The predicted molar refractivity (Wildman–Crippen MR) is 112 cm³/mol. The minimum absolute atomic E-state index is 0.0683. The topological polar surface area (TPSA) is 67.2 Å². The highest BCUT2D eigenvalue weighted by atomic mass is 32.1. The molecule has 0 saturated heterocycles. The van der Waals surface area contributed by atoms with Gasteiger partial charge in [-0.1, -0.05) is 17.3 Å². The van der Waals surface area contributed by atoms with Crippen molar-refractivity contribution in [3.63, 3.8) is 0 Å². The molecule has 2 heterocycles. The lowest BCUT2D eigenvalue weighted by molar-refractivity contribution is -0.119. The van der Waals surface area contributed by atoms with Crippen LogP contribution in [0, 0.1) is 0 Å². The number of fused-ring (bicyclic) bond motifs is 1. The second-order valence-electron chi connectivity index (χ2n) is 6.61. The zero-order valence-corrected chi connectivity index (χ0v) is 16.5. The van der Waals surface area contributed by atoms with E-state index in [0.29, 0.717) is 6.54 Å². The van der Waals surface area contributed by atoms with Crippen LogP contribution in [-0.2, 0) is 17.9 Å². The first kappa shape index (κ1) is 18.1. The molecule has 0 aliphatic rings. The molecule has 0 aliphatic carbocycles. The number of nitrogens with zero attached hydrogens (tertiary/aromatic N) is 6. The van der Waals surface area contributed by atoms with Crippen LogP contribution in [-0.4, -0.2) is 40.0 Å². The molecule has 0 unspecified atom stereocenters. The van der Waals surface area contributed by atoms with E-state index < -0.39 is 0 Å². The number of aromatic nitrogens is 4. The third-order valence-electron chi connectivity index (χ3n) is 4.49. The van der Waals surface area contributed by atoms with Gasteiger partial charge in [0.05, 0.1) is 23.3 Å². The molecule has 4 aromatic rings. The molecule has 0 atom stereocenters. The number of para-hydroxylation sites is 1. The molecule has 0 radical (unpaired) electrons. The minimum Gasteiger partial charge on any atom is -0.378 e. The predicted octanol–water partition coefficient (Wildman–Crippen LogP) is 3.19. The maximum Gasteiger partial charge on any atom is 0.249 e. The summed E-state index contributed by atoms with van der Waals surface area (Å²) in [6.45, 7) is 0.524. The van der Waals surface area contributed by atoms with E-state index in [9.17, 15) is 4.79 Å². The molecule has 2 aromatic carbocycles. The molecule has 0 aliphatic heterocycles. The second kappa shape index (κ2) is 7.77. The zero-order chi connectivity index (χ0) is 19.5. The quantitative estimate of drug-likeness (QED) is 0.504. The Kier molecular flexibility index (Phi) is 5.03. The minimum atomic E-state index is -0.0683. The number of amides is 1. The van der Waals surface area contributed by atoms with Crippen molar-refractivity contribution in [1.82, 2.24) is 20.0 Å². The van der Waals surface area contributed by atoms with Crippen molar-refractivity contribution in [2.24, 2.45) is 0 Å². The van der Waals surface area contributed by atoms with Gasteiger partial charge in [0.15, 0.2) is 0 Å². The van der Waals surface area contributed by atoms with Crippen LogP contribution >= 0.6 is 11.3 Å². The summed E-state index contributed by atoms with van der Waals surface area (Å²) in [6, 6.07) is 15.5. The van der Waals surface area contributed by atoms with Gasteiger partial charge in [-0.25, -0.2) is 9.67 Å². The van der Waals surface area contributed by atoms with Crippen LogP contribution < -0.4 is 9.80 Å². The molecule has 0 saturated carbocycles. The number of rotatable bonds is 6. The van der Waals surface area contributed by atoms with E-state index in [1.165, 1.54) is 11.3 Å². The van der Waals surface area contributed by atoms with E-state index in [2.05, 4.69) is 15.3 Å². The first-order valence-corrected chi connectivity index (χ1v) is 9.79. The molecule has 7 nitrogen and oxygen atoms in total. The first-order chi connectivity index (χ1) is 13.6. The van der Waals surface area contributed by atoms with Gasteiger partial charge in [0.25, 0.3) is 0 Å². The molecule has 4 rings (SSSR count). The Hall–Kier alpha value is -3.26. The summed E-state index contributed by atoms with van der Waals surface area (Å²) >= 11 is 1.52. The Morgan fingerprint density at radius 2 is 1.82 bits per heavy atom. The van der Waals surface area contributed by atoms with Crippen molar-refractivity contribution in [3.8, 4) is 0 Å². The van der Waals surface area contributed by atoms with Gasteiger partial charge in [-0.05, 0) is 36.4 Å². The molecule has 0 fully saturated rings. The number of carbonyl (C=O) groups is 1. The normalized spacial score (nSPS) is 10.9. The molecule has 8 heteroatoms. The van der Waals surface area contributed by atoms with Crippen molar-refractivity contribution in [1.29, 1.82) is 0 Å². The van der Waals surface area contributed by atoms with Crippen molar-refractivity contribution >= 4 is 39.7 Å². The largest absolute Gasteiger partial charge is 0.378 e. The highest BCUT2D eigenvalue weighted by molar-refractivity contribution is 7.07. The van der Waals surface area contributed by atoms with Gasteiger partial charge in [0.2, 0.25) is 5.91 Å². The Labute approximate surface area is 166 Å². The number of hydrogen-bond acceptors (Lipinski definition) is 6. The van der Waals surface area contributed by atoms with Crippen LogP contribution in [0.5, 0.6) is 0 Å². The molecule has 2 aromatic heterocycles. The standard InChI is InChI=1S/C20H20N6OS/c1-24(2)16-7-9-17(10-8-16)25(11-15-13-28-14-21-15)20(27)12-26-19-6-4-3-5-18(19)22-23-26/h3-10,13-14H,11-12H2,1-2H3. The van der Waals surface area contributed by atoms with Gasteiger partial charge < -0.3 is 9.80 Å². The van der Waals surface area contributed by atoms with E-state index in [1.54, 1.807) is 15.1 Å². The fourth-order valence-corrected chi connectivity index (χ4v) is 3.53. The van der Waals surface area contributed by atoms with E-state index in [-0.39, 0.29) is 12.5 Å². The Balaban J connectivity index is 1.63. The highest BCUT2D eigenvalue weighted by Crippen LogP contribution is 2.22. The van der Waals surface area contributed by atoms with Gasteiger partial charge in [-0.2, -0.15) is 0 Å². The Morgan fingerprint density at radius 1 is 1.07 bits per heavy atom. The molecular weight excluding hydrogens is 372 g/mol. The summed E-state index contributed by atoms with van der Waals surface area (Å²) in [7, 11) is 3.98. The summed E-state index contributed by atoms with van der Waals surface area (Å²) in [5, 5.41) is 10.2. The monoisotopic (exact) mass is 392 g/mol. The molecule has 0 bridgehead atoms. The molecular formula is C20H20N6OS. The van der Waals surface area contributed by atoms with Crippen molar-refractivity contribution < 1.29 is 4.79 Å². The summed E-state index contributed by atoms with van der Waals surface area (Å²) in [6.07, 6.45) is 0. The highest BCUT2D eigenvalue weighted by Gasteiger charge is 2.19. The Morgan fingerprint density at radius 3 is 2.54 bits per heavy atom. The third kappa shape index (κ3) is 3.72. The average molecular weight is 392 g/mol. The van der Waals surface area contributed by atoms with Crippen molar-refractivity contribution in [3.05, 3.63) is 65.1 Å². The van der Waals surface area contributed by atoms with Crippen LogP contribution in [0.1, 0.15) is 5.69 Å². The van der Waals surface area contributed by atoms with Crippen LogP contribution in [0.2, 0.25) is 0 Å².